The van der Waals surface area contributed by atoms with E-state index in [-0.39, 0.29) is 18.2 Å². The molecule has 3 nitrogen and oxygen atoms in total. The summed E-state index contributed by atoms with van der Waals surface area (Å²) in [5.41, 5.74) is 4.31. The van der Waals surface area contributed by atoms with Crippen LogP contribution in [0.15, 0.2) is 54.6 Å². The molecule has 0 bridgehead atoms. The summed E-state index contributed by atoms with van der Waals surface area (Å²) in [4.78, 5) is 16.4. The van der Waals surface area contributed by atoms with Crippen LogP contribution in [0.5, 0.6) is 0 Å². The molecule has 0 aliphatic rings. The van der Waals surface area contributed by atoms with Crippen LogP contribution < -0.4 is 5.48 Å². The predicted octanol–water partition coefficient (Wildman–Crippen LogP) is 2.62. The first-order valence-electron chi connectivity index (χ1n) is 5.95. The third kappa shape index (κ3) is 4.52. The Balaban J connectivity index is 1.74. The van der Waals surface area contributed by atoms with E-state index in [0.29, 0.717) is 6.54 Å². The van der Waals surface area contributed by atoms with Crippen molar-refractivity contribution in [2.24, 2.45) is 0 Å². The average molecular weight is 259 g/mol. The highest BCUT2D eigenvalue weighted by Crippen LogP contribution is 2.03. The van der Waals surface area contributed by atoms with Crippen LogP contribution in [0.2, 0.25) is 0 Å². The number of halogens is 1. The van der Waals surface area contributed by atoms with E-state index in [2.05, 4.69) is 5.48 Å². The van der Waals surface area contributed by atoms with Crippen LogP contribution in [0.3, 0.4) is 0 Å². The van der Waals surface area contributed by atoms with Crippen LogP contribution in [0.4, 0.5) is 4.39 Å². The lowest BCUT2D eigenvalue weighted by molar-refractivity contribution is -0.150. The fraction of sp³-hybridized carbons (Fsp3) is 0.133. The summed E-state index contributed by atoms with van der Waals surface area (Å²) in [6, 6.07) is 15.3. The van der Waals surface area contributed by atoms with Gasteiger partial charge in [-0.15, -0.1) is 5.48 Å². The Bertz CT molecular complexity index is 526. The molecule has 0 heterocycles. The van der Waals surface area contributed by atoms with Crippen molar-refractivity contribution < 1.29 is 14.0 Å². The second-order valence-electron chi connectivity index (χ2n) is 4.08. The Labute approximate surface area is 111 Å². The van der Waals surface area contributed by atoms with Crippen molar-refractivity contribution >= 4 is 5.97 Å². The van der Waals surface area contributed by atoms with Crippen molar-refractivity contribution in [3.63, 3.8) is 0 Å². The Morgan fingerprint density at radius 1 is 1.00 bits per heavy atom. The van der Waals surface area contributed by atoms with Crippen LogP contribution in [0.25, 0.3) is 0 Å². The largest absolute Gasteiger partial charge is 0.370 e. The first-order valence-corrected chi connectivity index (χ1v) is 5.95. The van der Waals surface area contributed by atoms with Crippen LogP contribution in [0, 0.1) is 5.82 Å². The monoisotopic (exact) mass is 259 g/mol. The lowest BCUT2D eigenvalue weighted by atomic mass is 10.2. The minimum absolute atomic E-state index is 0.220. The molecule has 0 aromatic heterocycles. The number of hydroxylamine groups is 1. The summed E-state index contributed by atoms with van der Waals surface area (Å²) in [6.45, 7) is 0.348. The van der Waals surface area contributed by atoms with E-state index >= 15 is 0 Å². The van der Waals surface area contributed by atoms with Gasteiger partial charge in [-0.05, 0) is 23.3 Å². The van der Waals surface area contributed by atoms with E-state index in [4.69, 9.17) is 4.84 Å². The number of rotatable bonds is 5. The lowest BCUT2D eigenvalue weighted by Gasteiger charge is -2.06. The summed E-state index contributed by atoms with van der Waals surface area (Å²) >= 11 is 0. The lowest BCUT2D eigenvalue weighted by Crippen LogP contribution is -2.20. The molecule has 0 saturated heterocycles. The van der Waals surface area contributed by atoms with Crippen molar-refractivity contribution in [1.29, 1.82) is 0 Å². The number of carbonyl (C=O) groups excluding carboxylic acids is 1. The molecule has 0 fully saturated rings. The molecule has 4 heteroatoms. The zero-order valence-corrected chi connectivity index (χ0v) is 10.3. The van der Waals surface area contributed by atoms with Crippen molar-refractivity contribution in [2.45, 2.75) is 13.0 Å². The van der Waals surface area contributed by atoms with Crippen molar-refractivity contribution in [3.8, 4) is 0 Å². The predicted molar refractivity (Wildman–Crippen MR) is 69.5 cm³/mol. The van der Waals surface area contributed by atoms with Gasteiger partial charge in [0.05, 0.1) is 13.0 Å². The number of benzene rings is 2. The molecule has 0 radical (unpaired) electrons. The Kier molecular flexibility index (Phi) is 4.64. The second kappa shape index (κ2) is 6.66. The maximum absolute atomic E-state index is 12.7. The number of nitrogens with one attached hydrogen (secondary N) is 1. The first kappa shape index (κ1) is 13.2. The molecule has 0 aliphatic carbocycles. The molecule has 1 N–H and O–H groups in total. The van der Waals surface area contributed by atoms with E-state index in [0.717, 1.165) is 11.1 Å². The van der Waals surface area contributed by atoms with Gasteiger partial charge in [0.15, 0.2) is 0 Å². The molecule has 0 aliphatic heterocycles. The minimum atomic E-state index is -0.353. The van der Waals surface area contributed by atoms with Crippen LogP contribution in [-0.2, 0) is 22.6 Å². The normalized spacial score (nSPS) is 10.2. The molecule has 2 aromatic rings. The van der Waals surface area contributed by atoms with Gasteiger partial charge in [0.25, 0.3) is 0 Å². The van der Waals surface area contributed by atoms with Gasteiger partial charge >= 0.3 is 5.97 Å². The Morgan fingerprint density at radius 2 is 1.68 bits per heavy atom. The molecule has 19 heavy (non-hydrogen) atoms. The van der Waals surface area contributed by atoms with Gasteiger partial charge in [0, 0.05) is 0 Å². The molecule has 0 saturated carbocycles. The third-order valence-electron chi connectivity index (χ3n) is 2.57. The van der Waals surface area contributed by atoms with Gasteiger partial charge < -0.3 is 4.84 Å². The zero-order valence-electron chi connectivity index (χ0n) is 10.3. The SMILES string of the molecule is O=C(Cc1ccccc1)ONCc1ccc(F)cc1. The maximum atomic E-state index is 12.7. The van der Waals surface area contributed by atoms with Crippen LogP contribution in [-0.4, -0.2) is 5.97 Å². The summed E-state index contributed by atoms with van der Waals surface area (Å²) in [7, 11) is 0. The maximum Gasteiger partial charge on any atom is 0.329 e. The van der Waals surface area contributed by atoms with Gasteiger partial charge in [0.1, 0.15) is 5.82 Å². The van der Waals surface area contributed by atoms with Crippen molar-refractivity contribution in [3.05, 3.63) is 71.5 Å². The number of hydrogen-bond acceptors (Lipinski definition) is 3. The molecule has 0 spiro atoms. The molecular weight excluding hydrogens is 245 g/mol. The van der Waals surface area contributed by atoms with Gasteiger partial charge in [-0.3, -0.25) is 4.79 Å². The standard InChI is InChI=1S/C15H14FNO2/c16-14-8-6-13(7-9-14)11-17-19-15(18)10-12-4-2-1-3-5-12/h1-9,17H,10-11H2. The van der Waals surface area contributed by atoms with E-state index in [1.165, 1.54) is 12.1 Å². The molecule has 0 atom stereocenters. The summed E-state index contributed by atoms with van der Waals surface area (Å²) < 4.78 is 12.7. The molecule has 0 amide bonds. The quantitative estimate of drug-likeness (QED) is 0.839. The highest BCUT2D eigenvalue weighted by molar-refractivity contribution is 5.72. The molecule has 98 valence electrons. The zero-order chi connectivity index (χ0) is 13.5. The van der Waals surface area contributed by atoms with Gasteiger partial charge in [-0.1, -0.05) is 42.5 Å². The minimum Gasteiger partial charge on any atom is -0.370 e. The van der Waals surface area contributed by atoms with Crippen molar-refractivity contribution in [1.82, 2.24) is 5.48 Å². The Hall–Kier alpha value is -2.20. The van der Waals surface area contributed by atoms with E-state index in [1.807, 2.05) is 30.3 Å². The van der Waals surface area contributed by atoms with Crippen LogP contribution in [0.1, 0.15) is 11.1 Å². The van der Waals surface area contributed by atoms with Crippen molar-refractivity contribution in [2.75, 3.05) is 0 Å². The summed E-state index contributed by atoms with van der Waals surface area (Å²) in [5.74, 6) is -0.641. The first-order chi connectivity index (χ1) is 9.24. The topological polar surface area (TPSA) is 38.3 Å². The molecule has 2 aromatic carbocycles. The fourth-order valence-electron chi connectivity index (χ4n) is 1.60. The molecule has 2 rings (SSSR count). The van der Waals surface area contributed by atoms with Gasteiger partial charge in [-0.2, -0.15) is 0 Å². The van der Waals surface area contributed by atoms with Crippen LogP contribution >= 0.6 is 0 Å². The summed E-state index contributed by atoms with van der Waals surface area (Å²) in [5, 5.41) is 0. The highest BCUT2D eigenvalue weighted by atomic mass is 19.1. The molecular formula is C15H14FNO2. The van der Waals surface area contributed by atoms with Gasteiger partial charge in [-0.25, -0.2) is 4.39 Å². The van der Waals surface area contributed by atoms with Gasteiger partial charge in [0.2, 0.25) is 0 Å². The fourth-order valence-corrected chi connectivity index (χ4v) is 1.60. The highest BCUT2D eigenvalue weighted by Gasteiger charge is 2.04. The average Bonchev–Trinajstić information content (AvgIpc) is 2.42. The van der Waals surface area contributed by atoms with E-state index < -0.39 is 0 Å². The Morgan fingerprint density at radius 3 is 2.37 bits per heavy atom. The smallest absolute Gasteiger partial charge is 0.329 e. The third-order valence-corrected chi connectivity index (χ3v) is 2.57. The number of carbonyl (C=O) groups is 1. The van der Waals surface area contributed by atoms with E-state index in [9.17, 15) is 9.18 Å². The molecule has 0 unspecified atom stereocenters. The second-order valence-corrected chi connectivity index (χ2v) is 4.08. The van der Waals surface area contributed by atoms with E-state index in [1.54, 1.807) is 12.1 Å². The number of hydrogen-bond donors (Lipinski definition) is 1. The summed E-state index contributed by atoms with van der Waals surface area (Å²) in [6.07, 6.45) is 0.220.